The van der Waals surface area contributed by atoms with Gasteiger partial charge in [-0.25, -0.2) is 18.4 Å². The van der Waals surface area contributed by atoms with E-state index in [0.29, 0.717) is 25.7 Å². The molecule has 2 atom stereocenters. The minimum Gasteiger partial charge on any atom is -0.489 e. The van der Waals surface area contributed by atoms with Crippen molar-refractivity contribution in [1.82, 2.24) is 4.90 Å². The number of amides is 1. The van der Waals surface area contributed by atoms with Gasteiger partial charge in [0.05, 0.1) is 18.2 Å². The SMILES string of the molecule is CC(C)(C)OC(=O)N1[C@H]2CC[C@@H]1C(C(=O)O)=C(c1ccc(CCCOc3c(F)ccc(F)c3Cl)cc1)C2. The fourth-order valence-corrected chi connectivity index (χ4v) is 5.22. The summed E-state index contributed by atoms with van der Waals surface area (Å²) >= 11 is 5.78. The molecule has 0 radical (unpaired) electrons. The van der Waals surface area contributed by atoms with Gasteiger partial charge in [0.25, 0.3) is 0 Å². The number of rotatable bonds is 7. The highest BCUT2D eigenvalue weighted by atomic mass is 35.5. The van der Waals surface area contributed by atoms with Crippen molar-refractivity contribution in [1.29, 1.82) is 0 Å². The number of aryl methyl sites for hydroxylation is 1. The second kappa shape index (κ2) is 10.7. The van der Waals surface area contributed by atoms with Crippen LogP contribution in [-0.2, 0) is 16.0 Å². The molecule has 0 spiro atoms. The van der Waals surface area contributed by atoms with E-state index in [0.717, 1.165) is 35.3 Å². The van der Waals surface area contributed by atoms with Gasteiger partial charge in [-0.2, -0.15) is 0 Å². The Hall–Kier alpha value is -3.13. The predicted octanol–water partition coefficient (Wildman–Crippen LogP) is 6.64. The highest BCUT2D eigenvalue weighted by molar-refractivity contribution is 6.32. The molecule has 0 aliphatic carbocycles. The van der Waals surface area contributed by atoms with Gasteiger partial charge < -0.3 is 14.6 Å². The fraction of sp³-hybridized carbons (Fsp3) is 0.429. The average molecular weight is 534 g/mol. The van der Waals surface area contributed by atoms with Crippen molar-refractivity contribution in [2.75, 3.05) is 6.61 Å². The van der Waals surface area contributed by atoms with E-state index in [1.165, 1.54) is 0 Å². The van der Waals surface area contributed by atoms with Gasteiger partial charge in [-0.3, -0.25) is 4.90 Å². The zero-order valence-electron chi connectivity index (χ0n) is 21.0. The van der Waals surface area contributed by atoms with Gasteiger partial charge in [-0.15, -0.1) is 0 Å². The zero-order valence-corrected chi connectivity index (χ0v) is 21.8. The summed E-state index contributed by atoms with van der Waals surface area (Å²) in [5, 5.41) is 9.68. The number of benzene rings is 2. The first kappa shape index (κ1) is 26.9. The third-order valence-electron chi connectivity index (χ3n) is 6.60. The van der Waals surface area contributed by atoms with Crippen molar-refractivity contribution in [3.05, 3.63) is 69.8 Å². The molecular weight excluding hydrogens is 504 g/mol. The molecule has 9 heteroatoms. The highest BCUT2D eigenvalue weighted by Gasteiger charge is 2.47. The van der Waals surface area contributed by atoms with Crippen LogP contribution in [0.4, 0.5) is 13.6 Å². The van der Waals surface area contributed by atoms with Crippen LogP contribution >= 0.6 is 11.6 Å². The van der Waals surface area contributed by atoms with Crippen LogP contribution in [0, 0.1) is 11.6 Å². The molecule has 2 aromatic rings. The van der Waals surface area contributed by atoms with Crippen molar-refractivity contribution < 1.29 is 33.0 Å². The minimum atomic E-state index is -1.03. The Balaban J connectivity index is 1.44. The van der Waals surface area contributed by atoms with Gasteiger partial charge in [0, 0.05) is 6.04 Å². The number of nitrogens with zero attached hydrogens (tertiary/aromatic N) is 1. The van der Waals surface area contributed by atoms with Crippen molar-refractivity contribution in [2.45, 2.75) is 70.6 Å². The number of fused-ring (bicyclic) bond motifs is 2. The van der Waals surface area contributed by atoms with Crippen LogP contribution in [0.25, 0.3) is 5.57 Å². The van der Waals surface area contributed by atoms with Crippen LogP contribution < -0.4 is 4.74 Å². The Bertz CT molecular complexity index is 1220. The molecule has 4 rings (SSSR count). The summed E-state index contributed by atoms with van der Waals surface area (Å²) in [5.74, 6) is -2.78. The summed E-state index contributed by atoms with van der Waals surface area (Å²) in [6.45, 7) is 5.52. The molecule has 2 bridgehead atoms. The average Bonchev–Trinajstić information content (AvgIpc) is 3.13. The van der Waals surface area contributed by atoms with Crippen molar-refractivity contribution in [2.24, 2.45) is 0 Å². The van der Waals surface area contributed by atoms with Crippen molar-refractivity contribution in [3.63, 3.8) is 0 Å². The fourth-order valence-electron chi connectivity index (χ4n) is 5.01. The minimum absolute atomic E-state index is 0.107. The van der Waals surface area contributed by atoms with Gasteiger partial charge in [0.1, 0.15) is 16.4 Å². The molecule has 0 unspecified atom stereocenters. The number of carboxylic acids is 1. The smallest absolute Gasteiger partial charge is 0.411 e. The van der Waals surface area contributed by atoms with Gasteiger partial charge in [0.15, 0.2) is 11.6 Å². The van der Waals surface area contributed by atoms with Crippen LogP contribution in [-0.4, -0.2) is 46.4 Å². The molecule has 6 nitrogen and oxygen atoms in total. The standard InChI is InChI=1S/C28H30ClF2NO5/c1-28(2,3)37-27(35)32-18-10-13-22(32)23(26(33)34)19(15-18)17-8-6-16(7-9-17)5-4-14-36-25-21(31)12-11-20(30)24(25)29/h6-9,11-12,18,22H,4-5,10,13-15H2,1-3H3,(H,33,34)/t18-,22+/m0/s1. The summed E-state index contributed by atoms with van der Waals surface area (Å²) in [7, 11) is 0. The lowest BCUT2D eigenvalue weighted by Gasteiger charge is -2.37. The van der Waals surface area contributed by atoms with E-state index in [4.69, 9.17) is 21.1 Å². The monoisotopic (exact) mass is 533 g/mol. The molecule has 1 N–H and O–H groups in total. The zero-order chi connectivity index (χ0) is 26.9. The van der Waals surface area contributed by atoms with E-state index >= 15 is 0 Å². The van der Waals surface area contributed by atoms with E-state index in [1.807, 2.05) is 24.3 Å². The maximum atomic E-state index is 13.8. The second-order valence-electron chi connectivity index (χ2n) is 10.4. The number of hydrogen-bond donors (Lipinski definition) is 1. The number of carbonyl (C=O) groups is 2. The molecule has 0 saturated carbocycles. The van der Waals surface area contributed by atoms with Crippen molar-refractivity contribution >= 4 is 29.2 Å². The lowest BCUT2D eigenvalue weighted by atomic mass is 9.88. The summed E-state index contributed by atoms with van der Waals surface area (Å²) in [5.41, 5.74) is 2.12. The molecule has 0 aromatic heterocycles. The van der Waals surface area contributed by atoms with Gasteiger partial charge in [0.2, 0.25) is 0 Å². The third kappa shape index (κ3) is 5.90. The van der Waals surface area contributed by atoms with Crippen LogP contribution in [0.1, 0.15) is 57.6 Å². The van der Waals surface area contributed by atoms with Crippen LogP contribution in [0.3, 0.4) is 0 Å². The number of halogens is 3. The molecule has 2 aliphatic rings. The Morgan fingerprint density at radius 2 is 1.76 bits per heavy atom. The van der Waals surface area contributed by atoms with E-state index in [9.17, 15) is 23.5 Å². The molecule has 198 valence electrons. The second-order valence-corrected chi connectivity index (χ2v) is 10.7. The number of carbonyl (C=O) groups excluding carboxylic acids is 1. The number of hydrogen-bond acceptors (Lipinski definition) is 4. The molecule has 2 aliphatic heterocycles. The van der Waals surface area contributed by atoms with E-state index in [1.54, 1.807) is 25.7 Å². The Morgan fingerprint density at radius 1 is 1.08 bits per heavy atom. The Morgan fingerprint density at radius 3 is 2.41 bits per heavy atom. The molecule has 1 amide bonds. The third-order valence-corrected chi connectivity index (χ3v) is 6.95. The van der Waals surface area contributed by atoms with E-state index in [2.05, 4.69) is 0 Å². The predicted molar refractivity (Wildman–Crippen MR) is 136 cm³/mol. The normalized spacial score (nSPS) is 19.2. The first-order chi connectivity index (χ1) is 17.5. The van der Waals surface area contributed by atoms with Crippen LogP contribution in [0.2, 0.25) is 5.02 Å². The first-order valence-corrected chi connectivity index (χ1v) is 12.7. The van der Waals surface area contributed by atoms with Gasteiger partial charge >= 0.3 is 12.1 Å². The summed E-state index contributed by atoms with van der Waals surface area (Å²) in [6, 6.07) is 8.90. The molecular formula is C28H30ClF2NO5. The van der Waals surface area contributed by atoms with Crippen molar-refractivity contribution in [3.8, 4) is 5.75 Å². The van der Waals surface area contributed by atoms with Crippen LogP contribution in [0.5, 0.6) is 5.75 Å². The first-order valence-electron chi connectivity index (χ1n) is 12.3. The summed E-state index contributed by atoms with van der Waals surface area (Å²) in [6.07, 6.45) is 2.45. The maximum Gasteiger partial charge on any atom is 0.411 e. The lowest BCUT2D eigenvalue weighted by Crippen LogP contribution is -2.48. The largest absolute Gasteiger partial charge is 0.489 e. The maximum absolute atomic E-state index is 13.8. The summed E-state index contributed by atoms with van der Waals surface area (Å²) < 4.78 is 38.3. The Labute approximate surface area is 219 Å². The topological polar surface area (TPSA) is 76.1 Å². The molecule has 1 fully saturated rings. The highest BCUT2D eigenvalue weighted by Crippen LogP contribution is 2.43. The quantitative estimate of drug-likeness (QED) is 0.319. The molecule has 37 heavy (non-hydrogen) atoms. The summed E-state index contributed by atoms with van der Waals surface area (Å²) in [4.78, 5) is 26.7. The van der Waals surface area contributed by atoms with Crippen LogP contribution in [0.15, 0.2) is 42.0 Å². The molecule has 2 aromatic carbocycles. The molecule has 1 saturated heterocycles. The Kier molecular flexibility index (Phi) is 7.78. The number of ether oxygens (including phenoxy) is 2. The number of aliphatic carboxylic acids is 1. The lowest BCUT2D eigenvalue weighted by molar-refractivity contribution is -0.133. The van der Waals surface area contributed by atoms with E-state index in [-0.39, 0.29) is 29.0 Å². The van der Waals surface area contributed by atoms with Gasteiger partial charge in [-0.05, 0) is 81.7 Å². The number of carboxylic acid groups (broad SMARTS) is 1. The van der Waals surface area contributed by atoms with Gasteiger partial charge in [-0.1, -0.05) is 35.9 Å². The van der Waals surface area contributed by atoms with E-state index < -0.39 is 35.3 Å². The molecule has 2 heterocycles.